The van der Waals surface area contributed by atoms with Crippen LogP contribution >= 0.6 is 22.9 Å². The molecule has 6 nitrogen and oxygen atoms in total. The number of halogens is 2. The lowest BCUT2D eigenvalue weighted by molar-refractivity contribution is 0.0918. The second kappa shape index (κ2) is 11.7. The smallest absolute Gasteiger partial charge is 0.268 e. The molecule has 4 N–H and O–H groups in total. The standard InChI is InChI=1S/C24H30ClFN4O2S/c1-4-16(25)17(26)13-14(2)18-8-9-20(29-18)23(32)30-22(19-7-5-6-11-27-19)24-28-15(3)21(33-24)10-12-31/h4,8-9,13,19,22,27,29,31H,1,5-7,10-12H2,2-3H3,(H,30,32)/b14-13+,17-16-. The molecule has 9 heteroatoms. The van der Waals surface area contributed by atoms with Crippen molar-refractivity contribution in [1.29, 1.82) is 0 Å². The van der Waals surface area contributed by atoms with Gasteiger partial charge in [0.15, 0.2) is 0 Å². The average molecular weight is 493 g/mol. The summed E-state index contributed by atoms with van der Waals surface area (Å²) in [6, 6.07) is 3.20. The van der Waals surface area contributed by atoms with Gasteiger partial charge in [-0.25, -0.2) is 9.37 Å². The zero-order valence-corrected chi connectivity index (χ0v) is 20.5. The van der Waals surface area contributed by atoms with Gasteiger partial charge in [0.05, 0.1) is 16.8 Å². The molecule has 1 aliphatic heterocycles. The number of rotatable bonds is 9. The number of aliphatic hydroxyl groups excluding tert-OH is 1. The van der Waals surface area contributed by atoms with E-state index in [1.165, 1.54) is 23.5 Å². The largest absolute Gasteiger partial charge is 0.396 e. The van der Waals surface area contributed by atoms with Crippen molar-refractivity contribution in [2.24, 2.45) is 0 Å². The Balaban J connectivity index is 1.82. The van der Waals surface area contributed by atoms with Crippen molar-refractivity contribution in [2.45, 2.75) is 51.6 Å². The van der Waals surface area contributed by atoms with Gasteiger partial charge < -0.3 is 20.7 Å². The third-order valence-electron chi connectivity index (χ3n) is 5.66. The van der Waals surface area contributed by atoms with E-state index in [-0.39, 0.29) is 29.6 Å². The van der Waals surface area contributed by atoms with Crippen LogP contribution in [0.4, 0.5) is 4.39 Å². The number of aliphatic hydroxyl groups is 1. The van der Waals surface area contributed by atoms with Crippen LogP contribution < -0.4 is 10.6 Å². The summed E-state index contributed by atoms with van der Waals surface area (Å²) in [6.07, 6.45) is 6.21. The second-order valence-corrected chi connectivity index (χ2v) is 9.58. The molecule has 2 atom stereocenters. The van der Waals surface area contributed by atoms with Gasteiger partial charge in [0.1, 0.15) is 16.5 Å². The van der Waals surface area contributed by atoms with Crippen LogP contribution in [0.1, 0.15) is 64.0 Å². The number of allylic oxidation sites excluding steroid dienone is 5. The van der Waals surface area contributed by atoms with Gasteiger partial charge in [-0.05, 0) is 63.1 Å². The van der Waals surface area contributed by atoms with E-state index in [0.717, 1.165) is 41.4 Å². The number of aromatic nitrogens is 2. The molecule has 0 aliphatic carbocycles. The lowest BCUT2D eigenvalue weighted by Gasteiger charge is -2.30. The highest BCUT2D eigenvalue weighted by Crippen LogP contribution is 2.29. The monoisotopic (exact) mass is 492 g/mol. The SMILES string of the molecule is C=C/C(Cl)=C(F)\C=C(/C)c1ccc(C(=O)NC(c2nc(C)c(CCO)s2)C2CCCCN2)[nH]1. The molecule has 0 aromatic carbocycles. The molecule has 1 fully saturated rings. The average Bonchev–Trinajstić information content (AvgIpc) is 3.45. The fourth-order valence-electron chi connectivity index (χ4n) is 3.83. The molecule has 0 bridgehead atoms. The van der Waals surface area contributed by atoms with Crippen LogP contribution in [0, 0.1) is 6.92 Å². The maximum absolute atomic E-state index is 14.0. The first kappa shape index (κ1) is 25.4. The zero-order valence-electron chi connectivity index (χ0n) is 18.9. The Kier molecular flexibility index (Phi) is 9.02. The second-order valence-electron chi connectivity index (χ2n) is 8.05. The molecule has 0 radical (unpaired) electrons. The number of thiazole rings is 1. The van der Waals surface area contributed by atoms with E-state index in [2.05, 4.69) is 22.2 Å². The van der Waals surface area contributed by atoms with Crippen LogP contribution in [0.3, 0.4) is 0 Å². The Morgan fingerprint density at radius 2 is 2.21 bits per heavy atom. The molecule has 2 unspecified atom stereocenters. The third-order valence-corrected chi connectivity index (χ3v) is 7.29. The maximum atomic E-state index is 14.0. The Hall–Kier alpha value is -2.26. The summed E-state index contributed by atoms with van der Waals surface area (Å²) in [7, 11) is 0. The summed E-state index contributed by atoms with van der Waals surface area (Å²) in [4.78, 5) is 21.9. The Morgan fingerprint density at radius 1 is 1.45 bits per heavy atom. The predicted molar refractivity (Wildman–Crippen MR) is 132 cm³/mol. The Morgan fingerprint density at radius 3 is 2.88 bits per heavy atom. The van der Waals surface area contributed by atoms with Gasteiger partial charge >= 0.3 is 0 Å². The van der Waals surface area contributed by atoms with Gasteiger partial charge in [-0.2, -0.15) is 0 Å². The van der Waals surface area contributed by atoms with E-state index < -0.39 is 5.83 Å². The highest BCUT2D eigenvalue weighted by molar-refractivity contribution is 7.11. The number of carbonyl (C=O) groups is 1. The number of aromatic amines is 1. The number of amides is 1. The van der Waals surface area contributed by atoms with Crippen molar-refractivity contribution in [3.63, 3.8) is 0 Å². The summed E-state index contributed by atoms with van der Waals surface area (Å²) in [5, 5.41) is 16.7. The van der Waals surface area contributed by atoms with Gasteiger partial charge in [0.2, 0.25) is 0 Å². The van der Waals surface area contributed by atoms with E-state index in [9.17, 15) is 14.3 Å². The lowest BCUT2D eigenvalue weighted by atomic mass is 9.98. The van der Waals surface area contributed by atoms with Crippen molar-refractivity contribution in [2.75, 3.05) is 13.2 Å². The van der Waals surface area contributed by atoms with Gasteiger partial charge in [-0.15, -0.1) is 11.3 Å². The van der Waals surface area contributed by atoms with E-state index in [4.69, 9.17) is 16.6 Å². The molecule has 2 aromatic rings. The highest BCUT2D eigenvalue weighted by atomic mass is 35.5. The lowest BCUT2D eigenvalue weighted by Crippen LogP contribution is -2.46. The number of piperidine rings is 1. The van der Waals surface area contributed by atoms with E-state index in [1.54, 1.807) is 19.1 Å². The molecule has 1 amide bonds. The summed E-state index contributed by atoms with van der Waals surface area (Å²) < 4.78 is 14.0. The van der Waals surface area contributed by atoms with Crippen LogP contribution in [-0.4, -0.2) is 40.2 Å². The quantitative estimate of drug-likeness (QED) is 0.373. The van der Waals surface area contributed by atoms with Crippen molar-refractivity contribution < 1.29 is 14.3 Å². The fourth-order valence-corrected chi connectivity index (χ4v) is 5.05. The maximum Gasteiger partial charge on any atom is 0.268 e. The molecule has 3 heterocycles. The van der Waals surface area contributed by atoms with Crippen LogP contribution in [0.5, 0.6) is 0 Å². The van der Waals surface area contributed by atoms with Crippen molar-refractivity contribution in [3.05, 3.63) is 68.7 Å². The van der Waals surface area contributed by atoms with Crippen molar-refractivity contribution in [3.8, 4) is 0 Å². The molecule has 0 spiro atoms. The molecule has 178 valence electrons. The van der Waals surface area contributed by atoms with Crippen molar-refractivity contribution >= 4 is 34.4 Å². The van der Waals surface area contributed by atoms with E-state index in [0.29, 0.717) is 23.4 Å². The highest BCUT2D eigenvalue weighted by Gasteiger charge is 2.30. The van der Waals surface area contributed by atoms with Crippen LogP contribution in [0.2, 0.25) is 0 Å². The molecule has 3 rings (SSSR count). The minimum Gasteiger partial charge on any atom is -0.396 e. The molecule has 0 saturated carbocycles. The number of carbonyl (C=O) groups excluding carboxylic acids is 1. The number of hydrogen-bond donors (Lipinski definition) is 4. The van der Waals surface area contributed by atoms with Gasteiger partial charge in [0, 0.05) is 29.6 Å². The minimum absolute atomic E-state index is 0.0626. The Bertz CT molecular complexity index is 1050. The molecule has 2 aromatic heterocycles. The normalized spacial score (nSPS) is 18.6. The summed E-state index contributed by atoms with van der Waals surface area (Å²) in [6.45, 7) is 8.07. The molecule has 33 heavy (non-hydrogen) atoms. The number of hydrogen-bond acceptors (Lipinski definition) is 5. The van der Waals surface area contributed by atoms with Gasteiger partial charge in [-0.1, -0.05) is 24.6 Å². The summed E-state index contributed by atoms with van der Waals surface area (Å²) in [5.74, 6) is -0.853. The molecule has 1 aliphatic rings. The van der Waals surface area contributed by atoms with Gasteiger partial charge in [0.25, 0.3) is 5.91 Å². The summed E-state index contributed by atoms with van der Waals surface area (Å²) in [5.41, 5.74) is 2.48. The number of nitrogens with zero attached hydrogens (tertiary/aromatic N) is 1. The number of H-pyrrole nitrogens is 1. The predicted octanol–water partition coefficient (Wildman–Crippen LogP) is 4.94. The topological polar surface area (TPSA) is 90.0 Å². The third kappa shape index (κ3) is 6.41. The molecule has 1 saturated heterocycles. The first-order valence-corrected chi connectivity index (χ1v) is 12.2. The van der Waals surface area contributed by atoms with E-state index in [1.807, 2.05) is 6.92 Å². The first-order valence-electron chi connectivity index (χ1n) is 11.0. The Labute approximate surface area is 202 Å². The zero-order chi connectivity index (χ0) is 24.0. The number of aryl methyl sites for hydroxylation is 1. The first-order chi connectivity index (χ1) is 15.8. The molecular formula is C24H30ClFN4O2S. The van der Waals surface area contributed by atoms with Crippen LogP contribution in [-0.2, 0) is 6.42 Å². The van der Waals surface area contributed by atoms with E-state index >= 15 is 0 Å². The fraction of sp³-hybridized carbons (Fsp3) is 0.417. The van der Waals surface area contributed by atoms with Crippen molar-refractivity contribution in [1.82, 2.24) is 20.6 Å². The van der Waals surface area contributed by atoms with Gasteiger partial charge in [-0.3, -0.25) is 4.79 Å². The van der Waals surface area contributed by atoms with Crippen LogP contribution in [0.15, 0.2) is 41.7 Å². The van der Waals surface area contributed by atoms with Crippen LogP contribution in [0.25, 0.3) is 5.57 Å². The number of nitrogens with one attached hydrogen (secondary N) is 3. The minimum atomic E-state index is -0.592. The molecular weight excluding hydrogens is 463 g/mol. The summed E-state index contributed by atoms with van der Waals surface area (Å²) >= 11 is 7.30.